The van der Waals surface area contributed by atoms with Crippen LogP contribution >= 0.6 is 11.3 Å². The number of hydrogen-bond donors (Lipinski definition) is 1. The molecule has 6 nitrogen and oxygen atoms in total. The van der Waals surface area contributed by atoms with Crippen LogP contribution in [-0.4, -0.2) is 38.1 Å². The standard InChI is InChI=1S/C16H21NO5S/c1-21-15(19)7-4-8-17-14(18)9-22-16(20)12-10-23-13-6-3-2-5-11(12)13/h10H,2-9H2,1H3,(H,17,18). The number of methoxy groups -OCH3 is 1. The van der Waals surface area contributed by atoms with E-state index in [1.807, 2.05) is 5.38 Å². The van der Waals surface area contributed by atoms with Gasteiger partial charge in [0.15, 0.2) is 6.61 Å². The molecule has 0 saturated carbocycles. The second kappa shape index (κ2) is 8.67. The molecule has 1 amide bonds. The van der Waals surface area contributed by atoms with E-state index < -0.39 is 5.97 Å². The highest BCUT2D eigenvalue weighted by molar-refractivity contribution is 7.10. The van der Waals surface area contributed by atoms with Gasteiger partial charge in [-0.1, -0.05) is 0 Å². The normalized spacial score (nSPS) is 13.1. The third-order valence-corrected chi connectivity index (χ3v) is 4.81. The maximum atomic E-state index is 12.1. The number of ether oxygens (including phenoxy) is 2. The number of esters is 2. The molecule has 1 aliphatic carbocycles. The molecule has 126 valence electrons. The molecule has 0 radical (unpaired) electrons. The third-order valence-electron chi connectivity index (χ3n) is 3.72. The monoisotopic (exact) mass is 339 g/mol. The van der Waals surface area contributed by atoms with Crippen LogP contribution in [0.15, 0.2) is 5.38 Å². The lowest BCUT2D eigenvalue weighted by Gasteiger charge is -2.12. The predicted octanol–water partition coefficient (Wildman–Crippen LogP) is 1.85. The van der Waals surface area contributed by atoms with E-state index in [1.54, 1.807) is 11.3 Å². The van der Waals surface area contributed by atoms with Crippen molar-refractivity contribution in [3.8, 4) is 0 Å². The van der Waals surface area contributed by atoms with E-state index in [2.05, 4.69) is 10.1 Å². The first kappa shape index (κ1) is 17.5. The van der Waals surface area contributed by atoms with Gasteiger partial charge in [0.05, 0.1) is 12.7 Å². The number of carbonyl (C=O) groups is 3. The zero-order valence-electron chi connectivity index (χ0n) is 13.2. The van der Waals surface area contributed by atoms with E-state index in [9.17, 15) is 14.4 Å². The van der Waals surface area contributed by atoms with Crippen LogP contribution in [0.5, 0.6) is 0 Å². The average molecular weight is 339 g/mol. The number of fused-ring (bicyclic) bond motifs is 1. The summed E-state index contributed by atoms with van der Waals surface area (Å²) in [6.07, 6.45) is 4.92. The Labute approximate surface area is 139 Å². The molecule has 1 aromatic rings. The maximum absolute atomic E-state index is 12.1. The Kier molecular flexibility index (Phi) is 6.58. The molecule has 0 saturated heterocycles. The third kappa shape index (κ3) is 5.06. The molecular formula is C16H21NO5S. The first-order valence-electron chi connectivity index (χ1n) is 7.71. The van der Waals surface area contributed by atoms with Crippen LogP contribution in [0.1, 0.15) is 46.5 Å². The fraction of sp³-hybridized carbons (Fsp3) is 0.562. The summed E-state index contributed by atoms with van der Waals surface area (Å²) >= 11 is 1.59. The number of nitrogens with one attached hydrogen (secondary N) is 1. The molecule has 1 aromatic heterocycles. The summed E-state index contributed by atoms with van der Waals surface area (Å²) in [4.78, 5) is 35.9. The van der Waals surface area contributed by atoms with Crippen molar-refractivity contribution in [3.05, 3.63) is 21.4 Å². The molecule has 7 heteroatoms. The maximum Gasteiger partial charge on any atom is 0.339 e. The fourth-order valence-corrected chi connectivity index (χ4v) is 3.60. The van der Waals surface area contributed by atoms with Gasteiger partial charge in [0.25, 0.3) is 5.91 Å². The van der Waals surface area contributed by atoms with Crippen LogP contribution < -0.4 is 5.32 Å². The van der Waals surface area contributed by atoms with Crippen LogP contribution in [0.2, 0.25) is 0 Å². The lowest BCUT2D eigenvalue weighted by Crippen LogP contribution is -2.30. The van der Waals surface area contributed by atoms with Crippen LogP contribution in [0.3, 0.4) is 0 Å². The molecule has 1 heterocycles. The number of rotatable bonds is 7. The van der Waals surface area contributed by atoms with Gasteiger partial charge in [-0.2, -0.15) is 0 Å². The Bertz CT molecular complexity index is 581. The van der Waals surface area contributed by atoms with Crippen molar-refractivity contribution in [2.24, 2.45) is 0 Å². The number of amides is 1. The molecule has 0 fully saturated rings. The van der Waals surface area contributed by atoms with E-state index >= 15 is 0 Å². The highest BCUT2D eigenvalue weighted by Crippen LogP contribution is 2.30. The molecule has 2 rings (SSSR count). The van der Waals surface area contributed by atoms with Gasteiger partial charge in [-0.25, -0.2) is 4.79 Å². The number of carbonyl (C=O) groups excluding carboxylic acids is 3. The van der Waals surface area contributed by atoms with E-state index in [1.165, 1.54) is 12.0 Å². The smallest absolute Gasteiger partial charge is 0.339 e. The second-order valence-corrected chi connectivity index (χ2v) is 6.33. The van der Waals surface area contributed by atoms with Crippen molar-refractivity contribution in [1.82, 2.24) is 5.32 Å². The van der Waals surface area contributed by atoms with Crippen molar-refractivity contribution < 1.29 is 23.9 Å². The van der Waals surface area contributed by atoms with E-state index in [4.69, 9.17) is 4.74 Å². The summed E-state index contributed by atoms with van der Waals surface area (Å²) in [7, 11) is 1.32. The Morgan fingerprint density at radius 1 is 1.26 bits per heavy atom. The van der Waals surface area contributed by atoms with Crippen LogP contribution in [0, 0.1) is 0 Å². The molecule has 0 aromatic carbocycles. The highest BCUT2D eigenvalue weighted by atomic mass is 32.1. The SMILES string of the molecule is COC(=O)CCCNC(=O)COC(=O)c1csc2c1CCCC2. The fourth-order valence-electron chi connectivity index (χ4n) is 2.49. The van der Waals surface area contributed by atoms with Crippen molar-refractivity contribution in [2.75, 3.05) is 20.3 Å². The van der Waals surface area contributed by atoms with Crippen molar-refractivity contribution in [2.45, 2.75) is 38.5 Å². The zero-order chi connectivity index (χ0) is 16.7. The molecule has 0 spiro atoms. The molecule has 0 bridgehead atoms. The molecule has 0 unspecified atom stereocenters. The topological polar surface area (TPSA) is 81.7 Å². The van der Waals surface area contributed by atoms with Gasteiger partial charge in [-0.15, -0.1) is 11.3 Å². The number of thiophene rings is 1. The van der Waals surface area contributed by atoms with E-state index in [0.29, 0.717) is 18.5 Å². The number of aryl methyl sites for hydroxylation is 1. The summed E-state index contributed by atoms with van der Waals surface area (Å²) in [5, 5.41) is 4.43. The van der Waals surface area contributed by atoms with Gasteiger partial charge in [0.1, 0.15) is 0 Å². The van der Waals surface area contributed by atoms with E-state index in [-0.39, 0.29) is 24.9 Å². The van der Waals surface area contributed by atoms with Gasteiger partial charge < -0.3 is 14.8 Å². The summed E-state index contributed by atoms with van der Waals surface area (Å²) in [5.74, 6) is -1.12. The van der Waals surface area contributed by atoms with E-state index in [0.717, 1.165) is 31.2 Å². The van der Waals surface area contributed by atoms with Crippen LogP contribution in [-0.2, 0) is 31.9 Å². The minimum absolute atomic E-state index is 0.248. The van der Waals surface area contributed by atoms with Crippen molar-refractivity contribution in [3.63, 3.8) is 0 Å². The largest absolute Gasteiger partial charge is 0.469 e. The Morgan fingerprint density at radius 2 is 2.04 bits per heavy atom. The zero-order valence-corrected chi connectivity index (χ0v) is 14.0. The molecular weight excluding hydrogens is 318 g/mol. The summed E-state index contributed by atoms with van der Waals surface area (Å²) < 4.78 is 9.58. The van der Waals surface area contributed by atoms with Gasteiger partial charge in [0.2, 0.25) is 0 Å². The van der Waals surface area contributed by atoms with Gasteiger partial charge >= 0.3 is 11.9 Å². The first-order chi connectivity index (χ1) is 11.1. The van der Waals surface area contributed by atoms with Crippen molar-refractivity contribution >= 4 is 29.2 Å². The number of hydrogen-bond acceptors (Lipinski definition) is 6. The molecule has 1 N–H and O–H groups in total. The second-order valence-electron chi connectivity index (χ2n) is 5.36. The van der Waals surface area contributed by atoms with Gasteiger partial charge in [-0.05, 0) is 37.7 Å². The van der Waals surface area contributed by atoms with Crippen LogP contribution in [0.25, 0.3) is 0 Å². The lowest BCUT2D eigenvalue weighted by molar-refractivity contribution is -0.140. The Morgan fingerprint density at radius 3 is 2.83 bits per heavy atom. The Hall–Kier alpha value is -1.89. The quantitative estimate of drug-likeness (QED) is 0.606. The van der Waals surface area contributed by atoms with Crippen LogP contribution in [0.4, 0.5) is 0 Å². The highest BCUT2D eigenvalue weighted by Gasteiger charge is 2.21. The molecule has 0 aliphatic heterocycles. The average Bonchev–Trinajstić information content (AvgIpc) is 3.00. The summed E-state index contributed by atoms with van der Waals surface area (Å²) in [5.41, 5.74) is 1.69. The first-order valence-corrected chi connectivity index (χ1v) is 8.59. The van der Waals surface area contributed by atoms with Crippen molar-refractivity contribution in [1.29, 1.82) is 0 Å². The molecule has 1 aliphatic rings. The minimum Gasteiger partial charge on any atom is -0.469 e. The summed E-state index contributed by atoms with van der Waals surface area (Å²) in [6.45, 7) is 0.0427. The molecule has 0 atom stereocenters. The van der Waals surface area contributed by atoms with Gasteiger partial charge in [0, 0.05) is 23.2 Å². The lowest BCUT2D eigenvalue weighted by atomic mass is 9.96. The van der Waals surface area contributed by atoms with Gasteiger partial charge in [-0.3, -0.25) is 9.59 Å². The molecule has 23 heavy (non-hydrogen) atoms. The predicted molar refractivity (Wildman–Crippen MR) is 85.5 cm³/mol. The minimum atomic E-state index is -0.436. The summed E-state index contributed by atoms with van der Waals surface area (Å²) in [6, 6.07) is 0. The Balaban J connectivity index is 1.71.